The Kier molecular flexibility index (Phi) is 69.9. The first kappa shape index (κ1) is 95.7. The first-order valence-corrected chi connectivity index (χ1v) is 42.1. The Bertz CT molecular complexity index is 2320. The van der Waals surface area contributed by atoms with Gasteiger partial charge in [0.2, 0.25) is 0 Å². The van der Waals surface area contributed by atoms with E-state index >= 15 is 0 Å². The summed E-state index contributed by atoms with van der Waals surface area (Å²) in [6.07, 6.45) is 78.0. The van der Waals surface area contributed by atoms with Crippen molar-refractivity contribution in [3.05, 3.63) is 109 Å². The predicted molar refractivity (Wildman–Crippen MR) is 408 cm³/mol. The van der Waals surface area contributed by atoms with E-state index in [1.54, 1.807) is 0 Å². The van der Waals surface area contributed by atoms with Crippen LogP contribution < -0.4 is 0 Å². The molecule has 19 heteroatoms. The van der Waals surface area contributed by atoms with Gasteiger partial charge in [0.15, 0.2) is 12.2 Å². The van der Waals surface area contributed by atoms with Crippen LogP contribution in [0.3, 0.4) is 0 Å². The third kappa shape index (κ3) is 72.1. The van der Waals surface area contributed by atoms with Gasteiger partial charge in [0.1, 0.15) is 19.3 Å². The Balaban J connectivity index is 5.37. The molecule has 100 heavy (non-hydrogen) atoms. The lowest BCUT2D eigenvalue weighted by atomic mass is 10.1. The highest BCUT2D eigenvalue weighted by Crippen LogP contribution is 2.45. The quantitative estimate of drug-likeness (QED) is 0.0169. The summed E-state index contributed by atoms with van der Waals surface area (Å²) in [5.41, 5.74) is 0. The summed E-state index contributed by atoms with van der Waals surface area (Å²) in [5.74, 6) is -2.25. The minimum Gasteiger partial charge on any atom is -0.462 e. The Morgan fingerprint density at radius 2 is 0.530 bits per heavy atom. The van der Waals surface area contributed by atoms with E-state index < -0.39 is 97.5 Å². The molecule has 0 aliphatic rings. The molecule has 0 aromatic rings. The molecule has 0 aliphatic heterocycles. The van der Waals surface area contributed by atoms with E-state index in [1.165, 1.54) is 70.6 Å². The number of carbonyl (C=O) groups is 4. The van der Waals surface area contributed by atoms with E-state index in [0.717, 1.165) is 167 Å². The average Bonchev–Trinajstić information content (AvgIpc) is 0.926. The SMILES string of the molecule is CC/C=C\C/C=C\C/C=C\C/C=C\CCCCC(=O)OC(COC(=O)CCCCCCCC/C=C\C/C=C\C/C=C\CCCCC)COP(=O)(O)OCC(O)COP(=O)(O)OCC(COC(=O)CCCCCCC/C=C\CCCCCCCC)OC(=O)CCCCCCC/C=C\CCCC. The topological polar surface area (TPSA) is 237 Å². The number of aliphatic hydroxyl groups excluding tert-OH is 1. The smallest absolute Gasteiger partial charge is 0.462 e. The van der Waals surface area contributed by atoms with Crippen LogP contribution in [0.1, 0.15) is 323 Å². The number of rotatable bonds is 73. The van der Waals surface area contributed by atoms with E-state index in [2.05, 4.69) is 137 Å². The van der Waals surface area contributed by atoms with Crippen molar-refractivity contribution >= 4 is 39.5 Å². The van der Waals surface area contributed by atoms with Gasteiger partial charge < -0.3 is 33.8 Å². The Morgan fingerprint density at radius 3 is 0.880 bits per heavy atom. The predicted octanol–water partition coefficient (Wildman–Crippen LogP) is 22.6. The molecular formula is C81H140O17P2. The van der Waals surface area contributed by atoms with Gasteiger partial charge in [0.25, 0.3) is 0 Å². The summed E-state index contributed by atoms with van der Waals surface area (Å²) in [4.78, 5) is 72.9. The molecule has 0 fully saturated rings. The van der Waals surface area contributed by atoms with Crippen LogP contribution in [0, 0.1) is 0 Å². The van der Waals surface area contributed by atoms with Crippen LogP contribution in [0.2, 0.25) is 0 Å². The molecule has 0 radical (unpaired) electrons. The van der Waals surface area contributed by atoms with Crippen molar-refractivity contribution in [2.24, 2.45) is 0 Å². The van der Waals surface area contributed by atoms with Crippen LogP contribution in [0.25, 0.3) is 0 Å². The van der Waals surface area contributed by atoms with Crippen LogP contribution in [0.4, 0.5) is 0 Å². The molecule has 0 bridgehead atoms. The van der Waals surface area contributed by atoms with E-state index in [0.29, 0.717) is 32.1 Å². The maximum atomic E-state index is 13.1. The van der Waals surface area contributed by atoms with Crippen molar-refractivity contribution < 1.29 is 80.2 Å². The first-order valence-electron chi connectivity index (χ1n) is 39.1. The fourth-order valence-electron chi connectivity index (χ4n) is 10.2. The molecule has 5 unspecified atom stereocenters. The third-order valence-corrected chi connectivity index (χ3v) is 18.1. The van der Waals surface area contributed by atoms with Crippen LogP contribution in [-0.4, -0.2) is 96.7 Å². The summed E-state index contributed by atoms with van der Waals surface area (Å²) in [6, 6.07) is 0. The van der Waals surface area contributed by atoms with Crippen LogP contribution in [0.15, 0.2) is 109 Å². The molecule has 0 heterocycles. The van der Waals surface area contributed by atoms with Crippen LogP contribution in [0.5, 0.6) is 0 Å². The normalized spacial score (nSPS) is 14.5. The Morgan fingerprint density at radius 1 is 0.290 bits per heavy atom. The highest BCUT2D eigenvalue weighted by atomic mass is 31.2. The fraction of sp³-hybridized carbons (Fsp3) is 0.728. The van der Waals surface area contributed by atoms with Gasteiger partial charge in [0.05, 0.1) is 26.4 Å². The Hall–Kier alpha value is -4.28. The summed E-state index contributed by atoms with van der Waals surface area (Å²) in [7, 11) is -9.97. The number of aliphatic hydroxyl groups is 1. The van der Waals surface area contributed by atoms with Crippen molar-refractivity contribution in [3.63, 3.8) is 0 Å². The van der Waals surface area contributed by atoms with Crippen LogP contribution in [-0.2, 0) is 65.4 Å². The average molecular weight is 1450 g/mol. The first-order chi connectivity index (χ1) is 48.7. The van der Waals surface area contributed by atoms with Gasteiger partial charge in [-0.2, -0.15) is 0 Å². The second-order valence-corrected chi connectivity index (χ2v) is 28.8. The monoisotopic (exact) mass is 1450 g/mol. The zero-order valence-corrected chi connectivity index (χ0v) is 64.6. The lowest BCUT2D eigenvalue weighted by Gasteiger charge is -2.21. The highest BCUT2D eigenvalue weighted by molar-refractivity contribution is 7.47. The zero-order chi connectivity index (χ0) is 73.2. The summed E-state index contributed by atoms with van der Waals surface area (Å²) < 4.78 is 68.4. The number of carbonyl (C=O) groups excluding carboxylic acids is 4. The number of unbranched alkanes of at least 4 members (excludes halogenated alkanes) is 29. The molecule has 0 aromatic heterocycles. The minimum absolute atomic E-state index is 0.0381. The maximum Gasteiger partial charge on any atom is 0.472 e. The second-order valence-electron chi connectivity index (χ2n) is 25.9. The van der Waals surface area contributed by atoms with E-state index in [1.807, 2.05) is 0 Å². The third-order valence-electron chi connectivity index (χ3n) is 16.2. The van der Waals surface area contributed by atoms with Gasteiger partial charge in [-0.05, 0) is 148 Å². The van der Waals surface area contributed by atoms with Crippen molar-refractivity contribution in [1.29, 1.82) is 0 Å². The minimum atomic E-state index is -4.99. The number of esters is 4. The molecule has 0 spiro atoms. The molecule has 0 amide bonds. The van der Waals surface area contributed by atoms with E-state index in [-0.39, 0.29) is 25.7 Å². The number of hydrogen-bond donors (Lipinski definition) is 3. The largest absolute Gasteiger partial charge is 0.472 e. The van der Waals surface area contributed by atoms with Gasteiger partial charge >= 0.3 is 39.5 Å². The standard InChI is InChI=1S/C81H140O17P2/c1-5-9-13-17-21-25-29-32-35-36-37-38-41-43-47-50-54-58-62-66-79(84)92-72-77(98-81(86)68-64-60-56-52-48-44-40-34-31-27-23-19-15-11-7-3)74-96-100(89,90)94-70-75(82)69-93-99(87,88)95-73-76(97-80(85)67-63-59-55-51-45-28-24-20-16-12-8-4)71-91-78(83)65-61-57-53-49-46-42-39-33-30-26-22-18-14-10-6-2/h11,15,20-21,23-25,27,32-35,37-40,48,52,75-77,82H,5-10,12-14,16-19,22,26,28-31,36,41-47,49-51,53-74H2,1-4H3,(H,87,88)(H,89,90)/b15-11-,24-20-,25-21-,27-23-,35-32-,38-37-,39-33-,40-34-,52-48-. The molecule has 576 valence electrons. The molecule has 17 nitrogen and oxygen atoms in total. The maximum absolute atomic E-state index is 13.1. The van der Waals surface area contributed by atoms with Crippen molar-refractivity contribution in [2.75, 3.05) is 39.6 Å². The van der Waals surface area contributed by atoms with Gasteiger partial charge in [0, 0.05) is 25.7 Å². The summed E-state index contributed by atoms with van der Waals surface area (Å²) in [6.45, 7) is 4.62. The molecular weight excluding hydrogens is 1310 g/mol. The van der Waals surface area contributed by atoms with Crippen molar-refractivity contribution in [2.45, 2.75) is 341 Å². The number of phosphoric acid groups is 2. The van der Waals surface area contributed by atoms with Gasteiger partial charge in [-0.15, -0.1) is 0 Å². The zero-order valence-electron chi connectivity index (χ0n) is 62.8. The number of allylic oxidation sites excluding steroid dienone is 18. The molecule has 0 aliphatic carbocycles. The highest BCUT2D eigenvalue weighted by Gasteiger charge is 2.30. The summed E-state index contributed by atoms with van der Waals surface area (Å²) >= 11 is 0. The number of ether oxygens (including phenoxy) is 4. The summed E-state index contributed by atoms with van der Waals surface area (Å²) in [5, 5.41) is 10.6. The molecule has 3 N–H and O–H groups in total. The van der Waals surface area contributed by atoms with E-state index in [9.17, 15) is 43.2 Å². The molecule has 0 rings (SSSR count). The fourth-order valence-corrected chi connectivity index (χ4v) is 11.8. The second kappa shape index (κ2) is 73.0. The van der Waals surface area contributed by atoms with Gasteiger partial charge in [-0.25, -0.2) is 9.13 Å². The number of hydrogen-bond acceptors (Lipinski definition) is 15. The Labute approximate surface area is 607 Å². The van der Waals surface area contributed by atoms with Crippen molar-refractivity contribution in [3.8, 4) is 0 Å². The number of phosphoric ester groups is 2. The lowest BCUT2D eigenvalue weighted by molar-refractivity contribution is -0.161. The van der Waals surface area contributed by atoms with Crippen LogP contribution >= 0.6 is 15.6 Å². The van der Waals surface area contributed by atoms with Crippen molar-refractivity contribution in [1.82, 2.24) is 0 Å². The molecule has 5 atom stereocenters. The van der Waals surface area contributed by atoms with E-state index in [4.69, 9.17) is 37.0 Å². The van der Waals surface area contributed by atoms with Gasteiger partial charge in [-0.1, -0.05) is 259 Å². The molecule has 0 saturated heterocycles. The molecule has 0 aromatic carbocycles. The molecule has 0 saturated carbocycles. The lowest BCUT2D eigenvalue weighted by Crippen LogP contribution is -2.30. The van der Waals surface area contributed by atoms with Gasteiger partial charge in [-0.3, -0.25) is 37.3 Å².